The molecule has 1 aliphatic heterocycles. The van der Waals surface area contributed by atoms with E-state index in [2.05, 4.69) is 80.7 Å². The number of benzene rings is 2. The maximum atomic E-state index is 14.4. The summed E-state index contributed by atoms with van der Waals surface area (Å²) < 4.78 is 19.1. The third-order valence-electron chi connectivity index (χ3n) is 10.0. The summed E-state index contributed by atoms with van der Waals surface area (Å²) in [6, 6.07) is 9.21. The van der Waals surface area contributed by atoms with Gasteiger partial charge in [0.05, 0.1) is 30.7 Å². The Morgan fingerprint density at radius 2 is 1.58 bits per heavy atom. The van der Waals surface area contributed by atoms with Gasteiger partial charge < -0.3 is 23.6 Å². The van der Waals surface area contributed by atoms with Gasteiger partial charge in [0.1, 0.15) is 5.56 Å². The number of hydrogen-bond donors (Lipinski definition) is 2. The van der Waals surface area contributed by atoms with E-state index in [0.29, 0.717) is 12.1 Å². The van der Waals surface area contributed by atoms with E-state index in [1.165, 1.54) is 24.1 Å². The average Bonchev–Trinajstić information content (AvgIpc) is 3.41. The van der Waals surface area contributed by atoms with E-state index in [-0.39, 0.29) is 51.0 Å². The molecule has 2 aromatic carbocycles. The van der Waals surface area contributed by atoms with E-state index in [0.717, 1.165) is 11.1 Å². The number of carbonyl (C=O) groups excluding carboxylic acids is 1. The van der Waals surface area contributed by atoms with Crippen molar-refractivity contribution in [3.8, 4) is 11.5 Å². The lowest BCUT2D eigenvalue weighted by atomic mass is 10.0. The number of nitrogens with zero attached hydrogens (tertiary/aromatic N) is 2. The SMILES string of the molecule is COc1cc(C(=O)N2C=C(c3ccc(NC(=O)O)cc3)CC2CO[Si](C)(C)C(C)(C)C)c([N+](=O)[O-])cc1O[Si](C(C)C)(C(C)C)C(C)C. The van der Waals surface area contributed by atoms with Crippen LogP contribution in [0, 0.1) is 10.1 Å². The zero-order valence-electron chi connectivity index (χ0n) is 30.5. The van der Waals surface area contributed by atoms with Gasteiger partial charge in [-0.1, -0.05) is 74.4 Å². The van der Waals surface area contributed by atoms with Crippen LogP contribution in [0.4, 0.5) is 16.2 Å². The number of ether oxygens (including phenoxy) is 1. The summed E-state index contributed by atoms with van der Waals surface area (Å²) >= 11 is 0. The predicted octanol–water partition coefficient (Wildman–Crippen LogP) is 9.52. The average molecular weight is 700 g/mol. The molecule has 0 spiro atoms. The number of hydrogen-bond acceptors (Lipinski definition) is 7. The van der Waals surface area contributed by atoms with Crippen LogP contribution in [0.15, 0.2) is 42.6 Å². The van der Waals surface area contributed by atoms with Crippen LogP contribution in [-0.2, 0) is 4.43 Å². The van der Waals surface area contributed by atoms with Crippen molar-refractivity contribution in [3.05, 3.63) is 63.8 Å². The Hall–Kier alpha value is -3.69. The molecule has 0 radical (unpaired) electrons. The number of carboxylic acid groups (broad SMARTS) is 1. The van der Waals surface area contributed by atoms with Crippen LogP contribution >= 0.6 is 0 Å². The second-order valence-electron chi connectivity index (χ2n) is 15.0. The van der Waals surface area contributed by atoms with Gasteiger partial charge in [0.25, 0.3) is 19.9 Å². The molecule has 2 amide bonds. The molecule has 0 bridgehead atoms. The summed E-state index contributed by atoms with van der Waals surface area (Å²) in [4.78, 5) is 39.1. The van der Waals surface area contributed by atoms with Crippen molar-refractivity contribution in [2.24, 2.45) is 0 Å². The maximum absolute atomic E-state index is 14.4. The topological polar surface area (TPSA) is 140 Å². The minimum atomic E-state index is -2.52. The lowest BCUT2D eigenvalue weighted by Crippen LogP contribution is -2.50. The van der Waals surface area contributed by atoms with Crippen molar-refractivity contribution >= 4 is 45.6 Å². The molecule has 2 N–H and O–H groups in total. The predicted molar refractivity (Wildman–Crippen MR) is 195 cm³/mol. The first-order valence-electron chi connectivity index (χ1n) is 16.5. The fraction of sp³-hybridized carbons (Fsp3) is 0.543. The van der Waals surface area contributed by atoms with Crippen molar-refractivity contribution < 1.29 is 33.2 Å². The number of anilines is 1. The van der Waals surface area contributed by atoms with Crippen LogP contribution in [0.1, 0.15) is 84.7 Å². The molecule has 0 aromatic heterocycles. The smallest absolute Gasteiger partial charge is 0.409 e. The summed E-state index contributed by atoms with van der Waals surface area (Å²) in [5, 5.41) is 23.9. The highest BCUT2D eigenvalue weighted by atomic mass is 28.4. The zero-order chi connectivity index (χ0) is 36.4. The molecule has 11 nitrogen and oxygen atoms in total. The molecule has 0 aliphatic carbocycles. The molecule has 1 atom stereocenters. The summed E-state index contributed by atoms with van der Waals surface area (Å²) in [6.45, 7) is 23.7. The molecular formula is C35H53N3O8Si2. The monoisotopic (exact) mass is 699 g/mol. The van der Waals surface area contributed by atoms with Crippen molar-refractivity contribution in [1.29, 1.82) is 0 Å². The third kappa shape index (κ3) is 8.12. The molecule has 1 unspecified atom stereocenters. The molecule has 48 heavy (non-hydrogen) atoms. The standard InChI is InChI=1S/C35H53N3O8Si2/c1-22(2)48(23(3)4,24(5)6)46-32-19-30(38(42)43)29(18-31(32)44-10)33(39)37-20-26(25-13-15-27(16-14-25)36-34(40)41)17-28(37)21-45-47(11,12)35(7,8)9/h13-16,18-20,22-24,28,36H,17,21H2,1-12H3,(H,40,41). The second kappa shape index (κ2) is 14.8. The van der Waals surface area contributed by atoms with Crippen LogP contribution in [-0.4, -0.2) is 63.3 Å². The van der Waals surface area contributed by atoms with Gasteiger partial charge in [-0.15, -0.1) is 0 Å². The van der Waals surface area contributed by atoms with Gasteiger partial charge >= 0.3 is 6.09 Å². The molecule has 1 aliphatic rings. The molecule has 3 rings (SSSR count). The fourth-order valence-electron chi connectivity index (χ4n) is 6.44. The molecule has 264 valence electrons. The lowest BCUT2D eigenvalue weighted by Gasteiger charge is -2.42. The first kappa shape index (κ1) is 38.8. The number of amides is 2. The summed E-state index contributed by atoms with van der Waals surface area (Å²) in [5.74, 6) is -0.00885. The van der Waals surface area contributed by atoms with Crippen LogP contribution in [0.25, 0.3) is 5.57 Å². The second-order valence-corrected chi connectivity index (χ2v) is 25.2. The number of carbonyl (C=O) groups is 2. The molecule has 0 fully saturated rings. The van der Waals surface area contributed by atoms with E-state index in [1.54, 1.807) is 30.5 Å². The normalized spacial score (nSPS) is 15.6. The highest BCUT2D eigenvalue weighted by molar-refractivity contribution is 6.78. The van der Waals surface area contributed by atoms with Gasteiger partial charge in [0.15, 0.2) is 19.8 Å². The van der Waals surface area contributed by atoms with Crippen molar-refractivity contribution in [2.45, 2.75) is 110 Å². The van der Waals surface area contributed by atoms with E-state index >= 15 is 0 Å². The number of rotatable bonds is 13. The van der Waals surface area contributed by atoms with Crippen LogP contribution < -0.4 is 14.5 Å². The Morgan fingerprint density at radius 3 is 2.04 bits per heavy atom. The van der Waals surface area contributed by atoms with E-state index in [1.807, 2.05) is 0 Å². The van der Waals surface area contributed by atoms with E-state index in [9.17, 15) is 19.7 Å². The van der Waals surface area contributed by atoms with Gasteiger partial charge in [-0.3, -0.25) is 20.2 Å². The summed E-state index contributed by atoms with van der Waals surface area (Å²) in [5.41, 5.74) is 2.22. The molecule has 0 saturated carbocycles. The summed E-state index contributed by atoms with van der Waals surface area (Å²) in [6.07, 6.45) is 1.00. The van der Waals surface area contributed by atoms with Crippen molar-refractivity contribution in [3.63, 3.8) is 0 Å². The minimum Gasteiger partial charge on any atom is -0.540 e. The number of nitro benzene ring substituents is 1. The quantitative estimate of drug-likeness (QED) is 0.120. The van der Waals surface area contributed by atoms with Crippen molar-refractivity contribution in [1.82, 2.24) is 4.90 Å². The maximum Gasteiger partial charge on any atom is 0.409 e. The van der Waals surface area contributed by atoms with Gasteiger partial charge in [-0.2, -0.15) is 0 Å². The van der Waals surface area contributed by atoms with E-state index < -0.39 is 39.6 Å². The van der Waals surface area contributed by atoms with Crippen LogP contribution in [0.5, 0.6) is 11.5 Å². The molecule has 0 saturated heterocycles. The van der Waals surface area contributed by atoms with Gasteiger partial charge in [0.2, 0.25) is 0 Å². The number of nitrogens with one attached hydrogen (secondary N) is 1. The molecule has 2 aromatic rings. The highest BCUT2D eigenvalue weighted by Crippen LogP contribution is 2.47. The van der Waals surface area contributed by atoms with Crippen molar-refractivity contribution in [2.75, 3.05) is 19.0 Å². The molecular weight excluding hydrogens is 647 g/mol. The largest absolute Gasteiger partial charge is 0.540 e. The third-order valence-corrected chi connectivity index (χ3v) is 20.5. The Labute approximate surface area is 287 Å². The highest BCUT2D eigenvalue weighted by Gasteiger charge is 2.48. The summed E-state index contributed by atoms with van der Waals surface area (Å²) in [7, 11) is -3.25. The Balaban J connectivity index is 2.12. The Morgan fingerprint density at radius 1 is 1.02 bits per heavy atom. The molecule has 1 heterocycles. The van der Waals surface area contributed by atoms with Gasteiger partial charge in [0, 0.05) is 18.0 Å². The lowest BCUT2D eigenvalue weighted by molar-refractivity contribution is -0.385. The van der Waals surface area contributed by atoms with Crippen LogP contribution in [0.3, 0.4) is 0 Å². The van der Waals surface area contributed by atoms with Crippen LogP contribution in [0.2, 0.25) is 34.8 Å². The fourth-order valence-corrected chi connectivity index (χ4v) is 12.7. The van der Waals surface area contributed by atoms with Gasteiger partial charge in [-0.05, 0) is 64.4 Å². The molecule has 13 heteroatoms. The Bertz CT molecular complexity index is 1510. The number of methoxy groups -OCH3 is 1. The zero-order valence-corrected chi connectivity index (χ0v) is 32.5. The number of nitro groups is 1. The van der Waals surface area contributed by atoms with E-state index in [4.69, 9.17) is 18.7 Å². The Kier molecular flexibility index (Phi) is 12.0. The first-order valence-corrected chi connectivity index (χ1v) is 21.5. The minimum absolute atomic E-state index is 0.0633. The van der Waals surface area contributed by atoms with Gasteiger partial charge in [-0.25, -0.2) is 4.79 Å². The first-order chi connectivity index (χ1) is 22.2.